The molecule has 5 rings (SSSR count). The molecule has 2 aliphatic carbocycles. The molecule has 2 saturated carbocycles. The second-order valence-corrected chi connectivity index (χ2v) is 11.1. The van der Waals surface area contributed by atoms with E-state index in [4.69, 9.17) is 18.9 Å². The van der Waals surface area contributed by atoms with E-state index in [0.29, 0.717) is 47.3 Å². The van der Waals surface area contributed by atoms with Gasteiger partial charge in [0.1, 0.15) is 35.0 Å². The summed E-state index contributed by atoms with van der Waals surface area (Å²) in [6, 6.07) is 6.73. The van der Waals surface area contributed by atoms with Gasteiger partial charge in [-0.3, -0.25) is 4.79 Å². The molecule has 2 bridgehead atoms. The normalized spacial score (nSPS) is 21.9. The minimum absolute atomic E-state index is 0.0321. The fourth-order valence-corrected chi connectivity index (χ4v) is 6.15. The van der Waals surface area contributed by atoms with E-state index in [1.54, 1.807) is 18.2 Å². The molecule has 0 spiro atoms. The van der Waals surface area contributed by atoms with Crippen molar-refractivity contribution < 1.29 is 33.3 Å². The molecule has 2 aromatic rings. The number of ketones is 1. The van der Waals surface area contributed by atoms with Crippen LogP contribution < -0.4 is 9.47 Å². The molecule has 0 radical (unpaired) electrons. The Morgan fingerprint density at radius 2 is 1.92 bits per heavy atom. The maximum atomic E-state index is 13.3. The average molecular weight is 507 g/mol. The molecule has 3 atom stereocenters. The summed E-state index contributed by atoms with van der Waals surface area (Å²) in [7, 11) is 1.41. The fourth-order valence-electron chi connectivity index (χ4n) is 6.15. The lowest BCUT2D eigenvalue weighted by Gasteiger charge is -2.24. The lowest BCUT2D eigenvalue weighted by molar-refractivity contribution is 0.0390. The van der Waals surface area contributed by atoms with Crippen molar-refractivity contribution in [2.75, 3.05) is 13.7 Å². The van der Waals surface area contributed by atoms with E-state index < -0.39 is 11.9 Å². The number of esters is 2. The number of cyclic esters (lactones) is 1. The Bertz CT molecular complexity index is 1240. The Hall–Kier alpha value is -3.35. The van der Waals surface area contributed by atoms with Gasteiger partial charge in [-0.15, -0.1) is 0 Å². The summed E-state index contributed by atoms with van der Waals surface area (Å²) in [6.45, 7) is 6.09. The molecule has 0 aromatic heterocycles. The first-order valence-electron chi connectivity index (χ1n) is 13.1. The zero-order valence-corrected chi connectivity index (χ0v) is 21.9. The second kappa shape index (κ2) is 10.2. The van der Waals surface area contributed by atoms with Gasteiger partial charge < -0.3 is 18.9 Å². The number of rotatable bonds is 7. The fraction of sp³-hybridized carbons (Fsp3) is 0.500. The standard InChI is InChI=1S/C30H34O7/c1-16(2)9-24(31)22-7-8-25-26(28(22)34-4)30(33)36-15-21-10-17(3)11-23(27(21)37-25)29(32)35-14-20-13-18-5-6-19(20)12-18/h7-8,10-11,16,18-20H,5-6,9,12-15H2,1-4H3. The maximum absolute atomic E-state index is 13.3. The van der Waals surface area contributed by atoms with Crippen LogP contribution in [0.5, 0.6) is 17.2 Å². The molecule has 0 amide bonds. The van der Waals surface area contributed by atoms with Crippen LogP contribution in [0.2, 0.25) is 0 Å². The van der Waals surface area contributed by atoms with Crippen LogP contribution in [0.25, 0.3) is 0 Å². The van der Waals surface area contributed by atoms with Gasteiger partial charge in [-0.05, 0) is 79.7 Å². The number of carbonyl (C=O) groups excluding carboxylic acids is 3. The molecule has 1 heterocycles. The highest BCUT2D eigenvalue weighted by molar-refractivity contribution is 6.05. The highest BCUT2D eigenvalue weighted by Crippen LogP contribution is 2.48. The summed E-state index contributed by atoms with van der Waals surface area (Å²) in [5.74, 6) is 1.32. The zero-order valence-electron chi connectivity index (χ0n) is 21.9. The lowest BCUT2D eigenvalue weighted by atomic mass is 9.89. The second-order valence-electron chi connectivity index (χ2n) is 11.1. The Kier molecular flexibility index (Phi) is 6.97. The van der Waals surface area contributed by atoms with Crippen molar-refractivity contribution in [1.29, 1.82) is 0 Å². The third-order valence-corrected chi connectivity index (χ3v) is 7.84. The first-order chi connectivity index (χ1) is 17.7. The smallest absolute Gasteiger partial charge is 0.346 e. The number of ether oxygens (including phenoxy) is 4. The van der Waals surface area contributed by atoms with E-state index in [2.05, 4.69) is 0 Å². The molecule has 1 aliphatic heterocycles. The summed E-state index contributed by atoms with van der Waals surface area (Å²) < 4.78 is 23.2. The van der Waals surface area contributed by atoms with E-state index >= 15 is 0 Å². The minimum atomic E-state index is -0.654. The third-order valence-electron chi connectivity index (χ3n) is 7.84. The monoisotopic (exact) mass is 506 g/mol. The molecule has 196 valence electrons. The van der Waals surface area contributed by atoms with Gasteiger partial charge >= 0.3 is 11.9 Å². The van der Waals surface area contributed by atoms with Crippen LogP contribution >= 0.6 is 0 Å². The molecule has 7 nitrogen and oxygen atoms in total. The number of methoxy groups -OCH3 is 1. The summed E-state index contributed by atoms with van der Waals surface area (Å²) >= 11 is 0. The van der Waals surface area contributed by atoms with Gasteiger partial charge in [-0.1, -0.05) is 20.3 Å². The van der Waals surface area contributed by atoms with Gasteiger partial charge in [0.15, 0.2) is 5.78 Å². The number of hydrogen-bond donors (Lipinski definition) is 0. The number of aryl methyl sites for hydroxylation is 1. The topological polar surface area (TPSA) is 88.1 Å². The Morgan fingerprint density at radius 1 is 1.11 bits per heavy atom. The van der Waals surface area contributed by atoms with Crippen molar-refractivity contribution in [3.05, 3.63) is 52.1 Å². The van der Waals surface area contributed by atoms with Crippen molar-refractivity contribution in [1.82, 2.24) is 0 Å². The van der Waals surface area contributed by atoms with E-state index in [0.717, 1.165) is 17.9 Å². The van der Waals surface area contributed by atoms with E-state index in [1.807, 2.05) is 26.8 Å². The largest absolute Gasteiger partial charge is 0.495 e. The predicted octanol–water partition coefficient (Wildman–Crippen LogP) is 6.29. The number of carbonyl (C=O) groups is 3. The van der Waals surface area contributed by atoms with Gasteiger partial charge in [0.25, 0.3) is 0 Å². The maximum Gasteiger partial charge on any atom is 0.346 e. The summed E-state index contributed by atoms with van der Waals surface area (Å²) in [4.78, 5) is 39.2. The van der Waals surface area contributed by atoms with Crippen molar-refractivity contribution in [3.63, 3.8) is 0 Å². The Balaban J connectivity index is 1.47. The molecule has 37 heavy (non-hydrogen) atoms. The van der Waals surface area contributed by atoms with Gasteiger partial charge in [-0.2, -0.15) is 0 Å². The minimum Gasteiger partial charge on any atom is -0.495 e. The Labute approximate surface area is 217 Å². The van der Waals surface area contributed by atoms with E-state index in [9.17, 15) is 14.4 Å². The molecule has 0 N–H and O–H groups in total. The molecule has 2 fully saturated rings. The van der Waals surface area contributed by atoms with Crippen LogP contribution in [0.15, 0.2) is 24.3 Å². The molecule has 2 aromatic carbocycles. The lowest BCUT2D eigenvalue weighted by Crippen LogP contribution is -2.20. The van der Waals surface area contributed by atoms with Crippen molar-refractivity contribution in [3.8, 4) is 17.2 Å². The van der Waals surface area contributed by atoms with Gasteiger partial charge in [0.05, 0.1) is 19.3 Å². The molecule has 3 aliphatic rings. The SMILES string of the molecule is COc1c(C(=O)CC(C)C)ccc2c1C(=O)OCc1cc(C)cc(C(=O)OCC3CC4CCC3C4)c1O2. The number of Topliss-reactive ketones (excluding diaryl/α,β-unsaturated/α-hetero) is 1. The van der Waals surface area contributed by atoms with Crippen molar-refractivity contribution in [2.24, 2.45) is 23.7 Å². The van der Waals surface area contributed by atoms with Crippen LogP contribution in [0, 0.1) is 30.6 Å². The molecule has 7 heteroatoms. The summed E-state index contributed by atoms with van der Waals surface area (Å²) in [6.07, 6.45) is 5.20. The third kappa shape index (κ3) is 4.96. The van der Waals surface area contributed by atoms with Crippen LogP contribution in [0.3, 0.4) is 0 Å². The first-order valence-corrected chi connectivity index (χ1v) is 13.1. The quantitative estimate of drug-likeness (QED) is 0.322. The van der Waals surface area contributed by atoms with Crippen LogP contribution in [0.4, 0.5) is 0 Å². The van der Waals surface area contributed by atoms with Crippen molar-refractivity contribution in [2.45, 2.75) is 59.5 Å². The van der Waals surface area contributed by atoms with E-state index in [-0.39, 0.29) is 35.4 Å². The molecular weight excluding hydrogens is 472 g/mol. The highest BCUT2D eigenvalue weighted by Gasteiger charge is 2.40. The number of hydrogen-bond acceptors (Lipinski definition) is 7. The molecular formula is C30H34O7. The predicted molar refractivity (Wildman–Crippen MR) is 136 cm³/mol. The zero-order chi connectivity index (χ0) is 26.3. The summed E-state index contributed by atoms with van der Waals surface area (Å²) in [5.41, 5.74) is 2.03. The van der Waals surface area contributed by atoms with Crippen LogP contribution in [0.1, 0.15) is 88.2 Å². The average Bonchev–Trinajstić information content (AvgIpc) is 3.48. The molecule has 3 unspecified atom stereocenters. The Morgan fingerprint density at radius 3 is 2.59 bits per heavy atom. The van der Waals surface area contributed by atoms with Crippen molar-refractivity contribution >= 4 is 17.7 Å². The van der Waals surface area contributed by atoms with Gasteiger partial charge in [0, 0.05) is 12.0 Å². The molecule has 0 saturated heterocycles. The number of fused-ring (bicyclic) bond motifs is 4. The number of benzene rings is 2. The van der Waals surface area contributed by atoms with Crippen LogP contribution in [-0.4, -0.2) is 31.4 Å². The van der Waals surface area contributed by atoms with Gasteiger partial charge in [-0.25, -0.2) is 9.59 Å². The van der Waals surface area contributed by atoms with Crippen LogP contribution in [-0.2, 0) is 16.1 Å². The summed E-state index contributed by atoms with van der Waals surface area (Å²) in [5, 5.41) is 0. The first kappa shape index (κ1) is 25.3. The highest BCUT2D eigenvalue weighted by atomic mass is 16.6. The van der Waals surface area contributed by atoms with E-state index in [1.165, 1.54) is 26.4 Å². The van der Waals surface area contributed by atoms with Gasteiger partial charge in [0.2, 0.25) is 0 Å².